The van der Waals surface area contributed by atoms with Crippen molar-refractivity contribution in [2.75, 3.05) is 33.0 Å². The molecule has 0 fully saturated rings. The topological polar surface area (TPSA) is 150 Å². The van der Waals surface area contributed by atoms with Gasteiger partial charge in [0.1, 0.15) is 23.9 Å². The fraction of sp³-hybridized carbons (Fsp3) is 0.312. The van der Waals surface area contributed by atoms with E-state index in [-0.39, 0.29) is 12.6 Å². The van der Waals surface area contributed by atoms with Crippen molar-refractivity contribution in [3.63, 3.8) is 0 Å². The third-order valence-electron chi connectivity index (χ3n) is 8.66. The predicted octanol–water partition coefficient (Wildman–Crippen LogP) is 9.60. The van der Waals surface area contributed by atoms with Crippen LogP contribution in [0.1, 0.15) is 85.3 Å². The zero-order valence-electron chi connectivity index (χ0n) is 34.7. The molecule has 0 spiro atoms. The largest absolute Gasteiger partial charge is 0.494 e. The molecule has 13 nitrogen and oxygen atoms in total. The zero-order valence-corrected chi connectivity index (χ0v) is 34.7. The van der Waals surface area contributed by atoms with Crippen molar-refractivity contribution in [3.8, 4) is 28.7 Å². The van der Waals surface area contributed by atoms with E-state index in [0.29, 0.717) is 61.6 Å². The van der Waals surface area contributed by atoms with Crippen molar-refractivity contribution in [2.24, 2.45) is 10.2 Å². The lowest BCUT2D eigenvalue weighted by Crippen LogP contribution is -2.08. The van der Waals surface area contributed by atoms with Crippen molar-refractivity contribution < 1.29 is 52.6 Å². The summed E-state index contributed by atoms with van der Waals surface area (Å²) in [6, 6.07) is 26.7. The highest BCUT2D eigenvalue weighted by atomic mass is 17.2. The van der Waals surface area contributed by atoms with Crippen molar-refractivity contribution in [1.82, 2.24) is 0 Å². The van der Waals surface area contributed by atoms with Crippen LogP contribution in [0.2, 0.25) is 0 Å². The molecule has 0 aliphatic carbocycles. The third kappa shape index (κ3) is 18.8. The summed E-state index contributed by atoms with van der Waals surface area (Å²) >= 11 is 0. The maximum Gasteiger partial charge on any atom is 0.343 e. The second-order valence-corrected chi connectivity index (χ2v) is 13.4. The molecular formula is C48H54N2O11. The smallest absolute Gasteiger partial charge is 0.343 e. The van der Waals surface area contributed by atoms with Crippen molar-refractivity contribution in [1.29, 1.82) is 0 Å². The van der Waals surface area contributed by atoms with Gasteiger partial charge >= 0.3 is 17.9 Å². The van der Waals surface area contributed by atoms with Gasteiger partial charge in [0.2, 0.25) is 5.75 Å². The zero-order chi connectivity index (χ0) is 43.3. The Kier molecular flexibility index (Phi) is 21.4. The van der Waals surface area contributed by atoms with Gasteiger partial charge in [-0.15, -0.1) is 0 Å². The van der Waals surface area contributed by atoms with Crippen LogP contribution in [0.3, 0.4) is 0 Å². The molecule has 0 radical (unpaired) electrons. The van der Waals surface area contributed by atoms with Crippen molar-refractivity contribution in [2.45, 2.75) is 64.9 Å². The van der Waals surface area contributed by atoms with Gasteiger partial charge in [-0.1, -0.05) is 25.3 Å². The summed E-state index contributed by atoms with van der Waals surface area (Å²) in [5.41, 5.74) is 2.82. The molecule has 0 bridgehead atoms. The summed E-state index contributed by atoms with van der Waals surface area (Å²) < 4.78 is 32.8. The fourth-order valence-corrected chi connectivity index (χ4v) is 5.42. The number of carbonyl (C=O) groups excluding carboxylic acids is 3. The fourth-order valence-electron chi connectivity index (χ4n) is 5.42. The SMILES string of the molecule is C=CC(=O)OCCCCCCOc1ccc(COOc2ccc(/C=N/N=C/c3ccc(OC(=O)c4ccc(OCCCCCCOC(=O)C=C)cc4)cc3)cc2OCC)cc1. The van der Waals surface area contributed by atoms with Crippen LogP contribution in [0.4, 0.5) is 0 Å². The molecule has 0 aliphatic rings. The normalized spacial score (nSPS) is 10.9. The lowest BCUT2D eigenvalue weighted by molar-refractivity contribution is -0.218. The molecule has 0 unspecified atom stereocenters. The van der Waals surface area contributed by atoms with Crippen LogP contribution in [0.25, 0.3) is 0 Å². The van der Waals surface area contributed by atoms with Crippen LogP contribution in [-0.4, -0.2) is 63.4 Å². The molecule has 0 saturated carbocycles. The number of carbonyl (C=O) groups is 3. The Morgan fingerprint density at radius 1 is 0.557 bits per heavy atom. The number of esters is 3. The molecule has 61 heavy (non-hydrogen) atoms. The molecule has 322 valence electrons. The first kappa shape index (κ1) is 47.0. The predicted molar refractivity (Wildman–Crippen MR) is 233 cm³/mol. The second-order valence-electron chi connectivity index (χ2n) is 13.4. The van der Waals surface area contributed by atoms with Crippen LogP contribution in [0.5, 0.6) is 28.7 Å². The molecule has 4 rings (SSSR count). The first-order valence-electron chi connectivity index (χ1n) is 20.3. The van der Waals surface area contributed by atoms with Crippen LogP contribution >= 0.6 is 0 Å². The van der Waals surface area contributed by atoms with Crippen LogP contribution in [0.15, 0.2) is 127 Å². The highest BCUT2D eigenvalue weighted by molar-refractivity contribution is 5.91. The summed E-state index contributed by atoms with van der Waals surface area (Å²) in [4.78, 5) is 45.9. The Hall–Kier alpha value is -6.73. The number of hydrogen-bond acceptors (Lipinski definition) is 13. The van der Waals surface area contributed by atoms with Crippen LogP contribution in [0, 0.1) is 0 Å². The third-order valence-corrected chi connectivity index (χ3v) is 8.66. The molecule has 0 N–H and O–H groups in total. The monoisotopic (exact) mass is 834 g/mol. The van der Waals surface area contributed by atoms with Gasteiger partial charge in [0.05, 0.1) is 51.0 Å². The Labute approximate surface area is 357 Å². The quantitative estimate of drug-likeness (QED) is 0.00979. The first-order valence-corrected chi connectivity index (χ1v) is 20.3. The maximum atomic E-state index is 12.7. The van der Waals surface area contributed by atoms with E-state index in [1.165, 1.54) is 6.08 Å². The number of rotatable bonds is 29. The average molecular weight is 835 g/mol. The lowest BCUT2D eigenvalue weighted by atomic mass is 10.2. The summed E-state index contributed by atoms with van der Waals surface area (Å²) in [6.07, 6.45) is 12.7. The van der Waals surface area contributed by atoms with E-state index < -0.39 is 11.9 Å². The van der Waals surface area contributed by atoms with Gasteiger partial charge in [-0.25, -0.2) is 14.4 Å². The average Bonchev–Trinajstić information content (AvgIpc) is 3.28. The van der Waals surface area contributed by atoms with Crippen molar-refractivity contribution >= 4 is 30.3 Å². The van der Waals surface area contributed by atoms with E-state index in [2.05, 4.69) is 23.4 Å². The maximum absolute atomic E-state index is 12.7. The Morgan fingerprint density at radius 3 is 1.62 bits per heavy atom. The molecule has 0 amide bonds. The molecule has 13 heteroatoms. The summed E-state index contributed by atoms with van der Waals surface area (Å²) in [7, 11) is 0. The van der Waals surface area contributed by atoms with Gasteiger partial charge < -0.3 is 33.3 Å². The molecule has 0 aromatic heterocycles. The van der Waals surface area contributed by atoms with E-state index >= 15 is 0 Å². The van der Waals surface area contributed by atoms with Gasteiger partial charge in [0, 0.05) is 12.2 Å². The van der Waals surface area contributed by atoms with Crippen LogP contribution in [-0.2, 0) is 30.6 Å². The molecule has 0 saturated heterocycles. The Morgan fingerprint density at radius 2 is 1.07 bits per heavy atom. The first-order chi connectivity index (χ1) is 29.9. The minimum Gasteiger partial charge on any atom is -0.494 e. The van der Waals surface area contributed by atoms with E-state index in [1.807, 2.05) is 37.3 Å². The van der Waals surface area contributed by atoms with E-state index in [9.17, 15) is 14.4 Å². The van der Waals surface area contributed by atoms with Gasteiger partial charge in [0.25, 0.3) is 0 Å². The van der Waals surface area contributed by atoms with Gasteiger partial charge in [0.15, 0.2) is 5.75 Å². The summed E-state index contributed by atoms with van der Waals surface area (Å²) in [5, 5.41) is 8.31. The number of hydrogen-bond donors (Lipinski definition) is 0. The number of ether oxygens (including phenoxy) is 6. The Bertz CT molecular complexity index is 2010. The summed E-state index contributed by atoms with van der Waals surface area (Å²) in [6.45, 7) is 11.2. The minimum absolute atomic E-state index is 0.219. The summed E-state index contributed by atoms with van der Waals surface area (Å²) in [5.74, 6) is 1.48. The van der Waals surface area contributed by atoms with Crippen LogP contribution < -0.4 is 23.8 Å². The van der Waals surface area contributed by atoms with Gasteiger partial charge in [-0.05, 0) is 154 Å². The standard InChI is InChI=1S/C48H54N2O11/c1-4-46(51)57-31-13-9-7-11-29-55-41-22-17-38(18-23-41)36-59-61-44-28-19-39(33-45(44)54-6-3)35-50-49-34-37-15-24-43(25-16-37)60-48(53)40-20-26-42(27-21-40)56-30-12-8-10-14-32-58-47(52)5-2/h4-5,15-28,33-35H,1-2,6-14,29-32,36H2,3H3/b49-34+,50-35+. The number of nitrogens with zero attached hydrogens (tertiary/aromatic N) is 2. The van der Waals surface area contributed by atoms with E-state index in [1.54, 1.807) is 73.1 Å². The second kappa shape index (κ2) is 27.9. The number of unbranched alkanes of at least 4 members (excludes halogenated alkanes) is 6. The highest BCUT2D eigenvalue weighted by Crippen LogP contribution is 2.29. The molecule has 4 aromatic rings. The molecule has 0 aliphatic heterocycles. The van der Waals surface area contributed by atoms with E-state index in [0.717, 1.165) is 79.9 Å². The van der Waals surface area contributed by atoms with Gasteiger partial charge in [-0.2, -0.15) is 15.1 Å². The highest BCUT2D eigenvalue weighted by Gasteiger charge is 2.10. The number of benzene rings is 4. The molecule has 0 heterocycles. The Balaban J connectivity index is 1.13. The van der Waals surface area contributed by atoms with E-state index in [4.69, 9.17) is 38.2 Å². The molecule has 0 atom stereocenters. The lowest BCUT2D eigenvalue weighted by Gasteiger charge is -2.11. The minimum atomic E-state index is -0.483. The molecular weight excluding hydrogens is 781 g/mol. The van der Waals surface area contributed by atoms with Crippen molar-refractivity contribution in [3.05, 3.63) is 139 Å². The molecule has 4 aromatic carbocycles. The van der Waals surface area contributed by atoms with Gasteiger partial charge in [-0.3, -0.25) is 0 Å².